The average Bonchev–Trinajstić information content (AvgIpc) is 3.57. The van der Waals surface area contributed by atoms with Crippen LogP contribution in [-0.4, -0.2) is 107 Å². The van der Waals surface area contributed by atoms with Crippen molar-refractivity contribution in [1.82, 2.24) is 34.4 Å². The summed E-state index contributed by atoms with van der Waals surface area (Å²) in [5, 5.41) is 12.2. The number of aryl methyl sites for hydroxylation is 1. The number of aromatic nitrogens is 5. The highest BCUT2D eigenvalue weighted by Crippen LogP contribution is 2.41. The third-order valence-corrected chi connectivity index (χ3v) is 11.9. The molecule has 3 aromatic heterocycles. The van der Waals surface area contributed by atoms with Gasteiger partial charge in [-0.1, -0.05) is 24.6 Å². The van der Waals surface area contributed by atoms with E-state index in [1.807, 2.05) is 24.3 Å². The molecule has 7 rings (SSSR count). The molecule has 12 nitrogen and oxygen atoms in total. The Labute approximate surface area is 304 Å². The number of piperazine rings is 1. The molecule has 2 saturated heterocycles. The summed E-state index contributed by atoms with van der Waals surface area (Å²) in [6.07, 6.45) is 9.95. The molecule has 2 aromatic carbocycles. The van der Waals surface area contributed by atoms with Crippen molar-refractivity contribution in [2.45, 2.75) is 32.2 Å². The number of methoxy groups -OCH3 is 1. The van der Waals surface area contributed by atoms with Crippen LogP contribution >= 0.6 is 18.7 Å². The minimum atomic E-state index is -2.74. The molecule has 268 valence electrons. The fourth-order valence-corrected chi connectivity index (χ4v) is 8.50. The van der Waals surface area contributed by atoms with Crippen molar-refractivity contribution in [3.8, 4) is 16.9 Å². The first-order valence-corrected chi connectivity index (χ1v) is 20.5. The lowest BCUT2D eigenvalue weighted by Gasteiger charge is -2.43. The molecule has 0 radical (unpaired) electrons. The van der Waals surface area contributed by atoms with Crippen LogP contribution in [0.4, 0.5) is 28.8 Å². The summed E-state index contributed by atoms with van der Waals surface area (Å²) in [6, 6.07) is 12.7. The Morgan fingerprint density at radius 2 is 1.76 bits per heavy atom. The number of rotatable bonds is 10. The van der Waals surface area contributed by atoms with Gasteiger partial charge in [0.2, 0.25) is 5.95 Å². The van der Waals surface area contributed by atoms with Gasteiger partial charge in [0, 0.05) is 74.1 Å². The Hall–Kier alpha value is -4.22. The second-order valence-corrected chi connectivity index (χ2v) is 17.4. The number of likely N-dealkylation sites (N-methyl/N-ethyl adjacent to an activating group) is 1. The molecule has 2 aliphatic rings. The number of hydrogen-bond acceptors (Lipinski definition) is 11. The Morgan fingerprint density at radius 3 is 2.49 bits per heavy atom. The summed E-state index contributed by atoms with van der Waals surface area (Å²) in [7, 11) is 1.16. The van der Waals surface area contributed by atoms with Crippen LogP contribution in [0.3, 0.4) is 0 Å². The van der Waals surface area contributed by atoms with Crippen LogP contribution in [0.5, 0.6) is 5.75 Å². The molecule has 5 heterocycles. The summed E-state index contributed by atoms with van der Waals surface area (Å²) in [5.41, 5.74) is 6.62. The van der Waals surface area contributed by atoms with E-state index in [1.165, 1.54) is 11.3 Å². The zero-order chi connectivity index (χ0) is 35.7. The van der Waals surface area contributed by atoms with Crippen LogP contribution in [0.25, 0.3) is 16.6 Å². The van der Waals surface area contributed by atoms with Crippen molar-refractivity contribution in [3.05, 3.63) is 71.9 Å². The zero-order valence-corrected chi connectivity index (χ0v) is 31.6. The normalized spacial score (nSPS) is 16.5. The second kappa shape index (κ2) is 14.8. The van der Waals surface area contributed by atoms with Crippen LogP contribution in [0, 0.1) is 0 Å². The highest BCUT2D eigenvalue weighted by molar-refractivity contribution is 7.70. The van der Waals surface area contributed by atoms with Crippen molar-refractivity contribution in [3.63, 3.8) is 0 Å². The molecule has 0 unspecified atom stereocenters. The van der Waals surface area contributed by atoms with Gasteiger partial charge in [0.15, 0.2) is 5.82 Å². The predicted molar refractivity (Wildman–Crippen MR) is 208 cm³/mol. The number of ether oxygens (including phenoxy) is 1. The zero-order valence-electron chi connectivity index (χ0n) is 29.9. The third-order valence-electron chi connectivity index (χ3n) is 10.1. The fourth-order valence-electron chi connectivity index (χ4n) is 7.20. The van der Waals surface area contributed by atoms with Crippen molar-refractivity contribution >= 4 is 58.4 Å². The lowest BCUT2D eigenvalue weighted by molar-refractivity contribution is 0.0982. The van der Waals surface area contributed by atoms with Gasteiger partial charge in [-0.15, -0.1) is 0 Å². The topological polar surface area (TPSA) is 116 Å². The smallest absolute Gasteiger partial charge is 0.229 e. The number of hydrogen-bond donors (Lipinski definition) is 2. The van der Waals surface area contributed by atoms with Crippen LogP contribution < -0.4 is 25.6 Å². The molecule has 0 spiro atoms. The summed E-state index contributed by atoms with van der Waals surface area (Å²) in [5.74, 6) is 1.47. The molecular formula is C37H46ClN10O2P. The Kier molecular flexibility index (Phi) is 10.2. The van der Waals surface area contributed by atoms with E-state index in [-0.39, 0.29) is 0 Å². The first-order chi connectivity index (χ1) is 24.6. The minimum Gasteiger partial charge on any atom is -0.494 e. The molecule has 14 heteroatoms. The second-order valence-electron chi connectivity index (χ2n) is 13.8. The molecule has 0 bridgehead atoms. The SMILES string of the molecule is CCc1cc(Nc2ncc(Cl)c(Nc3ccc(-c4cnn5cnccc45)cc3P(C)(C)=O)n2)c(OC)cc1N1CCC(N2CCN(C)CC2)CC1. The maximum atomic E-state index is 13.6. The largest absolute Gasteiger partial charge is 0.494 e. The fraction of sp³-hybridized carbons (Fsp3) is 0.405. The molecule has 0 amide bonds. The quantitative estimate of drug-likeness (QED) is 0.157. The number of halogens is 1. The molecule has 2 N–H and O–H groups in total. The number of piperidine rings is 1. The Bertz CT molecular complexity index is 2070. The highest BCUT2D eigenvalue weighted by Gasteiger charge is 2.28. The molecule has 5 aromatic rings. The van der Waals surface area contributed by atoms with Crippen molar-refractivity contribution < 1.29 is 9.30 Å². The van der Waals surface area contributed by atoms with Gasteiger partial charge in [-0.3, -0.25) is 4.90 Å². The van der Waals surface area contributed by atoms with Gasteiger partial charge in [-0.2, -0.15) is 10.1 Å². The van der Waals surface area contributed by atoms with Gasteiger partial charge < -0.3 is 29.7 Å². The van der Waals surface area contributed by atoms with E-state index in [2.05, 4.69) is 66.5 Å². The summed E-state index contributed by atoms with van der Waals surface area (Å²) in [4.78, 5) is 21.0. The van der Waals surface area contributed by atoms with Gasteiger partial charge in [-0.25, -0.2) is 14.5 Å². The van der Waals surface area contributed by atoms with Crippen LogP contribution in [-0.2, 0) is 11.0 Å². The molecular weight excluding hydrogens is 683 g/mol. The van der Waals surface area contributed by atoms with Crippen molar-refractivity contribution in [2.24, 2.45) is 0 Å². The van der Waals surface area contributed by atoms with Gasteiger partial charge in [0.05, 0.1) is 36.4 Å². The minimum absolute atomic E-state index is 0.337. The van der Waals surface area contributed by atoms with E-state index in [1.54, 1.807) is 49.9 Å². The van der Waals surface area contributed by atoms with Gasteiger partial charge in [0.1, 0.15) is 24.2 Å². The maximum Gasteiger partial charge on any atom is 0.229 e. The van der Waals surface area contributed by atoms with Crippen LogP contribution in [0.2, 0.25) is 5.02 Å². The molecule has 0 saturated carbocycles. The maximum absolute atomic E-state index is 13.6. The number of nitrogens with zero attached hydrogens (tertiary/aromatic N) is 8. The molecule has 0 aliphatic carbocycles. The third kappa shape index (κ3) is 7.55. The number of anilines is 5. The summed E-state index contributed by atoms with van der Waals surface area (Å²) < 4.78 is 21.2. The summed E-state index contributed by atoms with van der Waals surface area (Å²) in [6.45, 7) is 12.4. The molecule has 2 aliphatic heterocycles. The predicted octanol–water partition coefficient (Wildman–Crippen LogP) is 6.36. The van der Waals surface area contributed by atoms with E-state index in [4.69, 9.17) is 21.3 Å². The van der Waals surface area contributed by atoms with Crippen LogP contribution in [0.15, 0.2) is 61.3 Å². The highest BCUT2D eigenvalue weighted by atomic mass is 35.5. The number of nitrogens with one attached hydrogen (secondary N) is 2. The van der Waals surface area contributed by atoms with E-state index < -0.39 is 7.14 Å². The van der Waals surface area contributed by atoms with Gasteiger partial charge in [-0.05, 0) is 75.0 Å². The molecule has 2 fully saturated rings. The molecule has 0 atom stereocenters. The Balaban J connectivity index is 1.11. The lowest BCUT2D eigenvalue weighted by Crippen LogP contribution is -2.52. The van der Waals surface area contributed by atoms with E-state index in [0.717, 1.165) is 86.6 Å². The van der Waals surface area contributed by atoms with Crippen molar-refractivity contribution in [2.75, 3.05) is 82.3 Å². The Morgan fingerprint density at radius 1 is 0.980 bits per heavy atom. The first kappa shape index (κ1) is 35.2. The van der Waals surface area contributed by atoms with Gasteiger partial charge in [0.25, 0.3) is 0 Å². The number of benzene rings is 2. The molecule has 51 heavy (non-hydrogen) atoms. The number of fused-ring (bicyclic) bond motifs is 1. The lowest BCUT2D eigenvalue weighted by atomic mass is 9.99. The first-order valence-electron chi connectivity index (χ1n) is 17.5. The van der Waals surface area contributed by atoms with E-state index in [0.29, 0.717) is 33.8 Å². The van der Waals surface area contributed by atoms with Gasteiger partial charge >= 0.3 is 0 Å². The van der Waals surface area contributed by atoms with E-state index in [9.17, 15) is 4.57 Å². The monoisotopic (exact) mass is 728 g/mol. The summed E-state index contributed by atoms with van der Waals surface area (Å²) >= 11 is 6.64. The van der Waals surface area contributed by atoms with Crippen molar-refractivity contribution in [1.29, 1.82) is 0 Å². The standard InChI is InChI=1S/C37H46ClN10O2P/c1-6-25-19-31(34(50-3)21-33(25)47-13-10-27(11-14-47)46-17-15-45(2)16-18-46)43-37-40-23-29(38)36(44-37)42-30-8-7-26(20-35(30)51(4,5)49)28-22-41-48-24-39-12-9-32(28)48/h7-9,12,19-24,27H,6,10-11,13-18H2,1-5H3,(H2,40,42,43,44). The van der Waals surface area contributed by atoms with E-state index >= 15 is 0 Å². The average molecular weight is 729 g/mol. The van der Waals surface area contributed by atoms with Crippen LogP contribution in [0.1, 0.15) is 25.3 Å².